The molecule has 0 bridgehead atoms. The molecule has 9 nitrogen and oxygen atoms in total. The Morgan fingerprint density at radius 2 is 2.09 bits per heavy atom. The molecule has 2 heterocycles. The molecule has 0 saturated carbocycles. The molecular formula is C13H18N4O5S. The maximum absolute atomic E-state index is 12.3. The second-order valence-electron chi connectivity index (χ2n) is 5.41. The van der Waals surface area contributed by atoms with Crippen molar-refractivity contribution < 1.29 is 23.8 Å². The number of amides is 1. The number of nitrogens with zero attached hydrogens (tertiary/aromatic N) is 4. The fourth-order valence-electron chi connectivity index (χ4n) is 2.33. The van der Waals surface area contributed by atoms with Gasteiger partial charge in [0.25, 0.3) is 0 Å². The quantitative estimate of drug-likeness (QED) is 0.190. The summed E-state index contributed by atoms with van der Waals surface area (Å²) in [6, 6.07) is -0.836. The van der Waals surface area contributed by atoms with E-state index in [4.69, 9.17) is 19.7 Å². The molecule has 2 atom stereocenters. The van der Waals surface area contributed by atoms with Crippen molar-refractivity contribution in [2.75, 3.05) is 26.6 Å². The van der Waals surface area contributed by atoms with Gasteiger partial charge in [-0.25, -0.2) is 4.79 Å². The minimum Gasteiger partial charge on any atom is -0.464 e. The van der Waals surface area contributed by atoms with Crippen molar-refractivity contribution in [2.45, 2.75) is 31.1 Å². The van der Waals surface area contributed by atoms with Gasteiger partial charge in [-0.2, -0.15) is 0 Å². The summed E-state index contributed by atoms with van der Waals surface area (Å²) >= 11 is 1.31. The fraction of sp³-hybridized carbons (Fsp3) is 0.692. The largest absolute Gasteiger partial charge is 0.464 e. The number of hydrogen-bond donors (Lipinski definition) is 0. The summed E-state index contributed by atoms with van der Waals surface area (Å²) in [6.07, 6.45) is 1.76. The predicted molar refractivity (Wildman–Crippen MR) is 82.1 cm³/mol. The van der Waals surface area contributed by atoms with Gasteiger partial charge in [0.15, 0.2) is 5.79 Å². The average Bonchev–Trinajstić information content (AvgIpc) is 2.53. The van der Waals surface area contributed by atoms with Crippen LogP contribution in [-0.2, 0) is 23.8 Å². The Balaban J connectivity index is 2.35. The number of carbonyl (C=O) groups excluding carboxylic acids is 2. The van der Waals surface area contributed by atoms with Gasteiger partial charge in [-0.3, -0.25) is 9.69 Å². The summed E-state index contributed by atoms with van der Waals surface area (Å²) in [5.74, 6) is -1.85. The SMILES string of the molecule is COC(=O)C(=C1COC(C)(C)OC1)N1C(=O)[C@H](N=[N+]=[N-])[C@H]1SC. The Morgan fingerprint density at radius 1 is 1.48 bits per heavy atom. The van der Waals surface area contributed by atoms with Crippen molar-refractivity contribution in [1.29, 1.82) is 0 Å². The van der Waals surface area contributed by atoms with E-state index < -0.39 is 29.1 Å². The number of ether oxygens (including phenoxy) is 3. The van der Waals surface area contributed by atoms with Gasteiger partial charge in [-0.1, -0.05) is 5.11 Å². The van der Waals surface area contributed by atoms with Crippen molar-refractivity contribution in [1.82, 2.24) is 4.90 Å². The first-order valence-electron chi connectivity index (χ1n) is 6.84. The number of β-lactam (4-membered cyclic amide) rings is 1. The average molecular weight is 342 g/mol. The number of methoxy groups -OCH3 is 1. The summed E-state index contributed by atoms with van der Waals surface area (Å²) in [7, 11) is 1.24. The third-order valence-electron chi connectivity index (χ3n) is 3.58. The van der Waals surface area contributed by atoms with Crippen molar-refractivity contribution in [3.8, 4) is 0 Å². The number of carbonyl (C=O) groups is 2. The van der Waals surface area contributed by atoms with Gasteiger partial charge in [0.1, 0.15) is 17.1 Å². The second kappa shape index (κ2) is 6.79. The lowest BCUT2D eigenvalue weighted by molar-refractivity contribution is -0.226. The zero-order valence-corrected chi connectivity index (χ0v) is 14.1. The van der Waals surface area contributed by atoms with Crippen LogP contribution in [0.1, 0.15) is 13.8 Å². The van der Waals surface area contributed by atoms with Crippen LogP contribution in [-0.4, -0.2) is 60.6 Å². The Labute approximate surface area is 137 Å². The third kappa shape index (κ3) is 3.30. The molecule has 0 N–H and O–H groups in total. The highest BCUT2D eigenvalue weighted by molar-refractivity contribution is 7.99. The first kappa shape index (κ1) is 17.6. The minimum absolute atomic E-state index is 0.0942. The molecule has 10 heteroatoms. The molecule has 126 valence electrons. The standard InChI is InChI=1S/C13H18N4O5S/c1-13(2)21-5-7(6-22-13)9(12(19)20-3)17-10(18)8(15-16-14)11(17)23-4/h8,11H,5-6H2,1-4H3/t8-,11+/m0/s1. The minimum atomic E-state index is -0.836. The van der Waals surface area contributed by atoms with E-state index in [1.807, 2.05) is 0 Å². The Hall–Kier alpha value is -1.74. The maximum Gasteiger partial charge on any atom is 0.354 e. The number of rotatable bonds is 4. The molecule has 2 fully saturated rings. The van der Waals surface area contributed by atoms with E-state index in [0.29, 0.717) is 5.57 Å². The molecule has 1 amide bonds. The number of esters is 1. The lowest BCUT2D eigenvalue weighted by Gasteiger charge is -2.45. The van der Waals surface area contributed by atoms with Gasteiger partial charge < -0.3 is 14.2 Å². The Kier molecular flexibility index (Phi) is 5.20. The van der Waals surface area contributed by atoms with E-state index in [-0.39, 0.29) is 18.9 Å². The fourth-order valence-corrected chi connectivity index (χ4v) is 3.18. The van der Waals surface area contributed by atoms with Gasteiger partial charge >= 0.3 is 5.97 Å². The molecule has 0 spiro atoms. The van der Waals surface area contributed by atoms with E-state index in [9.17, 15) is 9.59 Å². The third-order valence-corrected chi connectivity index (χ3v) is 4.53. The normalized spacial score (nSPS) is 26.2. The number of hydrogen-bond acceptors (Lipinski definition) is 7. The molecule has 0 aromatic heterocycles. The van der Waals surface area contributed by atoms with E-state index in [0.717, 1.165) is 0 Å². The van der Waals surface area contributed by atoms with Crippen molar-refractivity contribution in [3.63, 3.8) is 0 Å². The molecule has 23 heavy (non-hydrogen) atoms. The summed E-state index contributed by atoms with van der Waals surface area (Å²) in [4.78, 5) is 28.4. The van der Waals surface area contributed by atoms with Crippen LogP contribution in [0.4, 0.5) is 0 Å². The van der Waals surface area contributed by atoms with Gasteiger partial charge in [0.05, 0.1) is 20.3 Å². The van der Waals surface area contributed by atoms with E-state index >= 15 is 0 Å². The van der Waals surface area contributed by atoms with Crippen LogP contribution < -0.4 is 0 Å². The second-order valence-corrected chi connectivity index (χ2v) is 6.36. The molecule has 0 unspecified atom stereocenters. The number of thioether (sulfide) groups is 1. The van der Waals surface area contributed by atoms with E-state index in [1.165, 1.54) is 23.8 Å². The molecule has 0 aliphatic carbocycles. The van der Waals surface area contributed by atoms with Crippen molar-refractivity contribution in [2.24, 2.45) is 5.11 Å². The summed E-state index contributed by atoms with van der Waals surface area (Å²) in [6.45, 7) is 3.82. The molecular weight excluding hydrogens is 324 g/mol. The zero-order valence-electron chi connectivity index (χ0n) is 13.3. The van der Waals surface area contributed by atoms with E-state index in [1.54, 1.807) is 20.1 Å². The molecule has 2 saturated heterocycles. The van der Waals surface area contributed by atoms with E-state index in [2.05, 4.69) is 10.0 Å². The maximum atomic E-state index is 12.3. The summed E-state index contributed by atoms with van der Waals surface area (Å²) in [5, 5.41) is 3.02. The number of azide groups is 1. The van der Waals surface area contributed by atoms with Gasteiger partial charge in [0, 0.05) is 10.5 Å². The summed E-state index contributed by atoms with van der Waals surface area (Å²) in [5.41, 5.74) is 9.16. The lowest BCUT2D eigenvalue weighted by atomic mass is 10.0. The zero-order chi connectivity index (χ0) is 17.2. The Morgan fingerprint density at radius 3 is 2.57 bits per heavy atom. The molecule has 2 aliphatic heterocycles. The van der Waals surface area contributed by atoms with Crippen LogP contribution >= 0.6 is 11.8 Å². The van der Waals surface area contributed by atoms with Gasteiger partial charge in [0.2, 0.25) is 5.91 Å². The highest BCUT2D eigenvalue weighted by Crippen LogP contribution is 2.37. The molecule has 2 aliphatic rings. The molecule has 2 rings (SSSR count). The topological polar surface area (TPSA) is 114 Å². The molecule has 0 aromatic carbocycles. The first-order valence-corrected chi connectivity index (χ1v) is 8.13. The highest BCUT2D eigenvalue weighted by Gasteiger charge is 2.51. The van der Waals surface area contributed by atoms with Crippen LogP contribution in [0, 0.1) is 0 Å². The monoisotopic (exact) mass is 342 g/mol. The van der Waals surface area contributed by atoms with Crippen LogP contribution in [0.5, 0.6) is 0 Å². The molecule has 0 radical (unpaired) electrons. The number of likely N-dealkylation sites (tertiary alicyclic amines) is 1. The van der Waals surface area contributed by atoms with Crippen LogP contribution in [0.2, 0.25) is 0 Å². The molecule has 0 aromatic rings. The van der Waals surface area contributed by atoms with Crippen LogP contribution in [0.3, 0.4) is 0 Å². The highest BCUT2D eigenvalue weighted by atomic mass is 32.2. The van der Waals surface area contributed by atoms with Crippen molar-refractivity contribution >= 4 is 23.6 Å². The van der Waals surface area contributed by atoms with Crippen LogP contribution in [0.25, 0.3) is 10.4 Å². The smallest absolute Gasteiger partial charge is 0.354 e. The van der Waals surface area contributed by atoms with Crippen LogP contribution in [0.15, 0.2) is 16.4 Å². The van der Waals surface area contributed by atoms with Crippen molar-refractivity contribution in [3.05, 3.63) is 21.7 Å². The first-order chi connectivity index (χ1) is 10.9. The van der Waals surface area contributed by atoms with Gasteiger partial charge in [-0.15, -0.1) is 11.8 Å². The van der Waals surface area contributed by atoms with Gasteiger partial charge in [-0.05, 0) is 25.6 Å². The summed E-state index contributed by atoms with van der Waals surface area (Å²) < 4.78 is 15.9. The Bertz CT molecular complexity index is 587. The lowest BCUT2D eigenvalue weighted by Crippen LogP contribution is -2.62. The predicted octanol–water partition coefficient (Wildman–Crippen LogP) is 1.41.